The number of nitrogens with one attached hydrogen (secondary N) is 1. The molecule has 1 fully saturated rings. The number of ether oxygens (including phenoxy) is 2. The molecule has 2 aromatic rings. The van der Waals surface area contributed by atoms with Crippen molar-refractivity contribution in [3.8, 4) is 5.75 Å². The van der Waals surface area contributed by atoms with Crippen LogP contribution in [-0.4, -0.2) is 46.1 Å². The second kappa shape index (κ2) is 8.28. The Balaban J connectivity index is 1.56. The molecule has 0 aliphatic carbocycles. The highest BCUT2D eigenvalue weighted by atomic mass is 32.2. The third-order valence-electron chi connectivity index (χ3n) is 3.72. The largest absolute Gasteiger partial charge is 0.441 e. The van der Waals surface area contributed by atoms with E-state index in [4.69, 9.17) is 9.47 Å². The molecule has 10 heteroatoms. The summed E-state index contributed by atoms with van der Waals surface area (Å²) in [4.78, 5) is 25.2. The Bertz CT molecular complexity index is 946. The molecule has 148 valence electrons. The van der Waals surface area contributed by atoms with Crippen molar-refractivity contribution in [3.05, 3.63) is 54.6 Å². The summed E-state index contributed by atoms with van der Waals surface area (Å²) in [6.45, 7) is -0.0940. The number of benzene rings is 2. The van der Waals surface area contributed by atoms with Crippen molar-refractivity contribution in [1.82, 2.24) is 0 Å². The van der Waals surface area contributed by atoms with Gasteiger partial charge >= 0.3 is 12.2 Å². The highest BCUT2D eigenvalue weighted by molar-refractivity contribution is 7.85. The molecule has 1 atom stereocenters. The van der Waals surface area contributed by atoms with Gasteiger partial charge < -0.3 is 9.47 Å². The summed E-state index contributed by atoms with van der Waals surface area (Å²) in [5.41, 5.74) is 1.02. The number of para-hydroxylation sites is 1. The second-order valence-electron chi connectivity index (χ2n) is 5.98. The van der Waals surface area contributed by atoms with E-state index in [1.807, 2.05) is 6.07 Å². The third kappa shape index (κ3) is 5.44. The Kier molecular flexibility index (Phi) is 5.81. The minimum atomic E-state index is -3.61. The average molecular weight is 406 g/mol. The van der Waals surface area contributed by atoms with Crippen LogP contribution < -0.4 is 15.0 Å². The Labute approximate surface area is 161 Å². The molecule has 0 saturated carbocycles. The molecule has 1 aliphatic heterocycles. The van der Waals surface area contributed by atoms with Crippen LogP contribution in [0.15, 0.2) is 54.6 Å². The van der Waals surface area contributed by atoms with Gasteiger partial charge in [0.1, 0.15) is 18.5 Å². The van der Waals surface area contributed by atoms with Crippen molar-refractivity contribution in [1.29, 1.82) is 0 Å². The van der Waals surface area contributed by atoms with Gasteiger partial charge in [-0.05, 0) is 36.4 Å². The number of carbonyl (C=O) groups excluding carboxylic acids is 2. The molecule has 0 spiro atoms. The van der Waals surface area contributed by atoms with Gasteiger partial charge in [0.15, 0.2) is 0 Å². The zero-order valence-corrected chi connectivity index (χ0v) is 15.7. The summed E-state index contributed by atoms with van der Waals surface area (Å²) in [6.07, 6.45) is -1.01. The monoisotopic (exact) mass is 406 g/mol. The van der Waals surface area contributed by atoms with E-state index in [1.54, 1.807) is 48.5 Å². The highest BCUT2D eigenvalue weighted by Crippen LogP contribution is 2.24. The maximum atomic E-state index is 12.0. The molecule has 2 aromatic carbocycles. The zero-order valence-electron chi connectivity index (χ0n) is 14.9. The molecule has 2 amide bonds. The van der Waals surface area contributed by atoms with E-state index in [0.29, 0.717) is 17.1 Å². The van der Waals surface area contributed by atoms with Crippen molar-refractivity contribution in [2.75, 3.05) is 29.6 Å². The zero-order chi connectivity index (χ0) is 20.1. The average Bonchev–Trinajstić information content (AvgIpc) is 3.02. The fourth-order valence-electron chi connectivity index (χ4n) is 2.48. The summed E-state index contributed by atoms with van der Waals surface area (Å²) in [7, 11) is -3.61. The number of anilines is 2. The van der Waals surface area contributed by atoms with Gasteiger partial charge in [0, 0.05) is 11.4 Å². The molecule has 1 N–H and O–H groups in total. The van der Waals surface area contributed by atoms with Gasteiger partial charge in [-0.2, -0.15) is 8.42 Å². The van der Waals surface area contributed by atoms with E-state index in [1.165, 1.54) is 4.90 Å². The van der Waals surface area contributed by atoms with Crippen LogP contribution in [0.2, 0.25) is 0 Å². The SMILES string of the molecule is CS(=O)(=O)OCC1CN(c2ccc(NC(=O)Oc3ccccc3)cc2)C(=O)O1. The minimum absolute atomic E-state index is 0.150. The summed E-state index contributed by atoms with van der Waals surface area (Å²) < 4.78 is 37.0. The van der Waals surface area contributed by atoms with E-state index in [9.17, 15) is 18.0 Å². The van der Waals surface area contributed by atoms with Crippen LogP contribution in [0.3, 0.4) is 0 Å². The van der Waals surface area contributed by atoms with E-state index < -0.39 is 28.4 Å². The van der Waals surface area contributed by atoms with Gasteiger partial charge in [-0.1, -0.05) is 18.2 Å². The molecular formula is C18H18N2O7S. The number of hydrogen-bond donors (Lipinski definition) is 1. The fraction of sp³-hybridized carbons (Fsp3) is 0.222. The smallest absolute Gasteiger partial charge is 0.417 e. The third-order valence-corrected chi connectivity index (χ3v) is 4.29. The number of amides is 2. The topological polar surface area (TPSA) is 111 Å². The quantitative estimate of drug-likeness (QED) is 0.734. The maximum Gasteiger partial charge on any atom is 0.417 e. The van der Waals surface area contributed by atoms with Crippen LogP contribution in [0, 0.1) is 0 Å². The number of nitrogens with zero attached hydrogens (tertiary/aromatic N) is 1. The lowest BCUT2D eigenvalue weighted by Gasteiger charge is -2.14. The first kappa shape index (κ1) is 19.6. The van der Waals surface area contributed by atoms with Gasteiger partial charge in [0.25, 0.3) is 10.1 Å². The minimum Gasteiger partial charge on any atom is -0.441 e. The highest BCUT2D eigenvalue weighted by Gasteiger charge is 2.33. The molecule has 3 rings (SSSR count). The first-order valence-electron chi connectivity index (χ1n) is 8.27. The van der Waals surface area contributed by atoms with Crippen molar-refractivity contribution >= 4 is 33.7 Å². The number of rotatable bonds is 6. The van der Waals surface area contributed by atoms with Crippen molar-refractivity contribution < 1.29 is 31.7 Å². The number of carbonyl (C=O) groups is 2. The lowest BCUT2D eigenvalue weighted by molar-refractivity contribution is 0.107. The van der Waals surface area contributed by atoms with Crippen LogP contribution in [0.5, 0.6) is 5.75 Å². The molecule has 1 unspecified atom stereocenters. The van der Waals surface area contributed by atoms with Crippen molar-refractivity contribution in [2.24, 2.45) is 0 Å². The molecular weight excluding hydrogens is 388 g/mol. The van der Waals surface area contributed by atoms with E-state index >= 15 is 0 Å². The predicted molar refractivity (Wildman–Crippen MR) is 101 cm³/mol. The number of cyclic esters (lactones) is 1. The molecule has 0 radical (unpaired) electrons. The lowest BCUT2D eigenvalue weighted by atomic mass is 10.2. The van der Waals surface area contributed by atoms with Crippen molar-refractivity contribution in [3.63, 3.8) is 0 Å². The Morgan fingerprint density at radius 2 is 1.86 bits per heavy atom. The number of hydrogen-bond acceptors (Lipinski definition) is 7. The normalized spacial score (nSPS) is 16.5. The van der Waals surface area contributed by atoms with Gasteiger partial charge in [-0.3, -0.25) is 14.4 Å². The van der Waals surface area contributed by atoms with Gasteiger partial charge in [0.2, 0.25) is 0 Å². The maximum absolute atomic E-state index is 12.0. The molecule has 1 aliphatic rings. The van der Waals surface area contributed by atoms with Gasteiger partial charge in [0.05, 0.1) is 12.8 Å². The van der Waals surface area contributed by atoms with Gasteiger partial charge in [-0.15, -0.1) is 0 Å². The molecule has 0 bridgehead atoms. The molecule has 0 aromatic heterocycles. The van der Waals surface area contributed by atoms with Crippen LogP contribution in [-0.2, 0) is 19.0 Å². The van der Waals surface area contributed by atoms with Crippen LogP contribution in [0.4, 0.5) is 21.0 Å². The summed E-state index contributed by atoms with van der Waals surface area (Å²) in [6, 6.07) is 15.1. The lowest BCUT2D eigenvalue weighted by Crippen LogP contribution is -2.26. The summed E-state index contributed by atoms with van der Waals surface area (Å²) in [5, 5.41) is 2.58. The second-order valence-corrected chi connectivity index (χ2v) is 7.62. The van der Waals surface area contributed by atoms with E-state index in [0.717, 1.165) is 6.26 Å². The van der Waals surface area contributed by atoms with E-state index in [-0.39, 0.29) is 13.2 Å². The Hall–Kier alpha value is -3.11. The van der Waals surface area contributed by atoms with Crippen LogP contribution >= 0.6 is 0 Å². The fourth-order valence-corrected chi connectivity index (χ4v) is 2.88. The first-order chi connectivity index (χ1) is 13.3. The standard InChI is InChI=1S/C18H18N2O7S/c1-28(23,24)25-12-16-11-20(18(22)27-16)14-9-7-13(8-10-14)19-17(21)26-15-5-3-2-4-6-15/h2-10,16H,11-12H2,1H3,(H,19,21). The van der Waals surface area contributed by atoms with Gasteiger partial charge in [-0.25, -0.2) is 9.59 Å². The summed E-state index contributed by atoms with van der Waals surface area (Å²) >= 11 is 0. The van der Waals surface area contributed by atoms with E-state index in [2.05, 4.69) is 9.50 Å². The molecule has 9 nitrogen and oxygen atoms in total. The van der Waals surface area contributed by atoms with Crippen molar-refractivity contribution in [2.45, 2.75) is 6.10 Å². The van der Waals surface area contributed by atoms with Crippen LogP contribution in [0.1, 0.15) is 0 Å². The molecule has 1 saturated heterocycles. The predicted octanol–water partition coefficient (Wildman–Crippen LogP) is 2.60. The van der Waals surface area contributed by atoms with Crippen LogP contribution in [0.25, 0.3) is 0 Å². The first-order valence-corrected chi connectivity index (χ1v) is 10.1. The summed E-state index contributed by atoms with van der Waals surface area (Å²) in [5.74, 6) is 0.416. The molecule has 1 heterocycles. The Morgan fingerprint density at radius 3 is 2.50 bits per heavy atom. The molecule has 28 heavy (non-hydrogen) atoms. The Morgan fingerprint density at radius 1 is 1.18 bits per heavy atom.